The molecule has 0 amide bonds. The third-order valence-electron chi connectivity index (χ3n) is 3.78. The van der Waals surface area contributed by atoms with Gasteiger partial charge in [0.2, 0.25) is 0 Å². The number of nitrogens with zero attached hydrogens (tertiary/aromatic N) is 1. The van der Waals surface area contributed by atoms with Gasteiger partial charge >= 0.3 is 0 Å². The van der Waals surface area contributed by atoms with Crippen LogP contribution in [0.25, 0.3) is 0 Å². The molecule has 1 aromatic heterocycles. The maximum Gasteiger partial charge on any atom is 0.0540 e. The standard InChI is InChI=1S/C15H23NO/c1-2-5-14(17)10-9-13-7-3-6-12-8-4-11-16-15(12)13/h4,8,11,13-14,17H,2-3,5-7,9-10H2,1H3. The topological polar surface area (TPSA) is 33.1 Å². The Labute approximate surface area is 104 Å². The molecule has 0 fully saturated rings. The summed E-state index contributed by atoms with van der Waals surface area (Å²) in [6.45, 7) is 2.13. The Morgan fingerprint density at radius 3 is 3.18 bits per heavy atom. The second-order valence-electron chi connectivity index (χ2n) is 5.16. The summed E-state index contributed by atoms with van der Waals surface area (Å²) in [5.41, 5.74) is 2.72. The van der Waals surface area contributed by atoms with E-state index in [9.17, 15) is 5.11 Å². The minimum atomic E-state index is -0.117. The highest BCUT2D eigenvalue weighted by molar-refractivity contribution is 5.25. The SMILES string of the molecule is CCCC(O)CCC1CCCc2cccnc21. The van der Waals surface area contributed by atoms with Crippen LogP contribution in [0.15, 0.2) is 18.3 Å². The highest BCUT2D eigenvalue weighted by Gasteiger charge is 2.21. The number of fused-ring (bicyclic) bond motifs is 1. The zero-order valence-corrected chi connectivity index (χ0v) is 10.7. The Balaban J connectivity index is 1.94. The first-order valence-electron chi connectivity index (χ1n) is 6.93. The van der Waals surface area contributed by atoms with Crippen molar-refractivity contribution in [2.24, 2.45) is 0 Å². The molecule has 1 heterocycles. The molecule has 0 radical (unpaired) electrons. The number of hydrogen-bond donors (Lipinski definition) is 1. The van der Waals surface area contributed by atoms with Gasteiger partial charge in [0, 0.05) is 17.8 Å². The fourth-order valence-electron chi connectivity index (χ4n) is 2.86. The van der Waals surface area contributed by atoms with Crippen molar-refractivity contribution in [3.05, 3.63) is 29.6 Å². The van der Waals surface area contributed by atoms with E-state index in [0.29, 0.717) is 5.92 Å². The van der Waals surface area contributed by atoms with E-state index in [0.717, 1.165) is 25.7 Å². The molecular formula is C15H23NO. The van der Waals surface area contributed by atoms with Crippen molar-refractivity contribution in [3.63, 3.8) is 0 Å². The first kappa shape index (κ1) is 12.6. The van der Waals surface area contributed by atoms with E-state index in [1.807, 2.05) is 12.3 Å². The van der Waals surface area contributed by atoms with Crippen LogP contribution >= 0.6 is 0 Å². The second kappa shape index (κ2) is 6.15. The molecule has 1 aliphatic carbocycles. The molecule has 2 nitrogen and oxygen atoms in total. The lowest BCUT2D eigenvalue weighted by atomic mass is 9.83. The summed E-state index contributed by atoms with van der Waals surface area (Å²) in [7, 11) is 0. The van der Waals surface area contributed by atoms with E-state index < -0.39 is 0 Å². The smallest absolute Gasteiger partial charge is 0.0540 e. The Kier molecular flexibility index (Phi) is 4.55. The molecule has 1 aliphatic rings. The van der Waals surface area contributed by atoms with E-state index in [1.165, 1.54) is 30.5 Å². The van der Waals surface area contributed by atoms with E-state index in [4.69, 9.17) is 0 Å². The maximum absolute atomic E-state index is 9.81. The van der Waals surface area contributed by atoms with Gasteiger partial charge in [-0.25, -0.2) is 0 Å². The fourth-order valence-corrected chi connectivity index (χ4v) is 2.86. The molecule has 0 spiro atoms. The Morgan fingerprint density at radius 1 is 1.47 bits per heavy atom. The average molecular weight is 233 g/mol. The first-order chi connectivity index (χ1) is 8.31. The zero-order valence-electron chi connectivity index (χ0n) is 10.7. The summed E-state index contributed by atoms with van der Waals surface area (Å²) in [6, 6.07) is 4.24. The second-order valence-corrected chi connectivity index (χ2v) is 5.16. The molecule has 17 heavy (non-hydrogen) atoms. The maximum atomic E-state index is 9.81. The summed E-state index contributed by atoms with van der Waals surface area (Å²) < 4.78 is 0. The van der Waals surface area contributed by atoms with Crippen LogP contribution in [0.5, 0.6) is 0 Å². The number of pyridine rings is 1. The number of aliphatic hydroxyl groups is 1. The number of aliphatic hydroxyl groups excluding tert-OH is 1. The minimum Gasteiger partial charge on any atom is -0.393 e. The van der Waals surface area contributed by atoms with Gasteiger partial charge in [0.05, 0.1) is 6.10 Å². The Morgan fingerprint density at radius 2 is 2.35 bits per heavy atom. The molecule has 2 heteroatoms. The molecule has 0 aromatic carbocycles. The van der Waals surface area contributed by atoms with E-state index in [2.05, 4.69) is 18.0 Å². The van der Waals surface area contributed by atoms with Crippen LogP contribution < -0.4 is 0 Å². The van der Waals surface area contributed by atoms with E-state index >= 15 is 0 Å². The third kappa shape index (κ3) is 3.29. The lowest BCUT2D eigenvalue weighted by Gasteiger charge is -2.25. The van der Waals surface area contributed by atoms with Crippen molar-refractivity contribution >= 4 is 0 Å². The summed E-state index contributed by atoms with van der Waals surface area (Å²) in [5.74, 6) is 0.575. The van der Waals surface area contributed by atoms with Gasteiger partial charge < -0.3 is 5.11 Å². The lowest BCUT2D eigenvalue weighted by Crippen LogP contribution is -2.14. The highest BCUT2D eigenvalue weighted by atomic mass is 16.3. The van der Waals surface area contributed by atoms with Gasteiger partial charge in [-0.3, -0.25) is 4.98 Å². The van der Waals surface area contributed by atoms with Crippen LogP contribution in [0.4, 0.5) is 0 Å². The zero-order chi connectivity index (χ0) is 12.1. The summed E-state index contributed by atoms with van der Waals surface area (Å²) >= 11 is 0. The third-order valence-corrected chi connectivity index (χ3v) is 3.78. The molecule has 0 saturated heterocycles. The minimum absolute atomic E-state index is 0.117. The largest absolute Gasteiger partial charge is 0.393 e. The molecule has 0 aliphatic heterocycles. The molecule has 94 valence electrons. The lowest BCUT2D eigenvalue weighted by molar-refractivity contribution is 0.147. The van der Waals surface area contributed by atoms with Gasteiger partial charge in [-0.1, -0.05) is 19.4 Å². The van der Waals surface area contributed by atoms with Gasteiger partial charge in [-0.05, 0) is 50.2 Å². The first-order valence-corrected chi connectivity index (χ1v) is 6.93. The van der Waals surface area contributed by atoms with Crippen LogP contribution in [-0.4, -0.2) is 16.2 Å². The van der Waals surface area contributed by atoms with Crippen molar-refractivity contribution in [1.29, 1.82) is 0 Å². The van der Waals surface area contributed by atoms with Crippen LogP contribution in [0, 0.1) is 0 Å². The van der Waals surface area contributed by atoms with Gasteiger partial charge in [0.15, 0.2) is 0 Å². The monoisotopic (exact) mass is 233 g/mol. The van der Waals surface area contributed by atoms with Gasteiger partial charge in [0.25, 0.3) is 0 Å². The van der Waals surface area contributed by atoms with Crippen LogP contribution in [0.1, 0.15) is 62.6 Å². The van der Waals surface area contributed by atoms with Crippen LogP contribution in [0.2, 0.25) is 0 Å². The van der Waals surface area contributed by atoms with E-state index in [1.54, 1.807) is 0 Å². The summed E-state index contributed by atoms with van der Waals surface area (Å²) in [5, 5.41) is 9.81. The van der Waals surface area contributed by atoms with Crippen molar-refractivity contribution in [2.75, 3.05) is 0 Å². The summed E-state index contributed by atoms with van der Waals surface area (Å²) in [4.78, 5) is 4.54. The van der Waals surface area contributed by atoms with Crippen molar-refractivity contribution in [3.8, 4) is 0 Å². The molecule has 1 N–H and O–H groups in total. The fraction of sp³-hybridized carbons (Fsp3) is 0.667. The normalized spacial score (nSPS) is 20.9. The quantitative estimate of drug-likeness (QED) is 0.845. The Bertz CT molecular complexity index is 351. The highest BCUT2D eigenvalue weighted by Crippen LogP contribution is 2.33. The van der Waals surface area contributed by atoms with Crippen LogP contribution in [0.3, 0.4) is 0 Å². The van der Waals surface area contributed by atoms with Crippen molar-refractivity contribution in [1.82, 2.24) is 4.98 Å². The number of rotatable bonds is 5. The van der Waals surface area contributed by atoms with Gasteiger partial charge in [0.1, 0.15) is 0 Å². The molecule has 1 aromatic rings. The van der Waals surface area contributed by atoms with Crippen LogP contribution in [-0.2, 0) is 6.42 Å². The van der Waals surface area contributed by atoms with Gasteiger partial charge in [-0.15, -0.1) is 0 Å². The predicted molar refractivity (Wildman–Crippen MR) is 70.1 cm³/mol. The van der Waals surface area contributed by atoms with Crippen molar-refractivity contribution in [2.45, 2.75) is 63.9 Å². The molecule has 0 saturated carbocycles. The number of aromatic nitrogens is 1. The van der Waals surface area contributed by atoms with E-state index in [-0.39, 0.29) is 6.10 Å². The average Bonchev–Trinajstić information content (AvgIpc) is 2.36. The molecular weight excluding hydrogens is 210 g/mol. The molecule has 0 bridgehead atoms. The molecule has 2 unspecified atom stereocenters. The molecule has 2 atom stereocenters. The molecule has 2 rings (SSSR count). The Hall–Kier alpha value is -0.890. The number of aryl methyl sites for hydroxylation is 1. The van der Waals surface area contributed by atoms with Gasteiger partial charge in [-0.2, -0.15) is 0 Å². The number of hydrogen-bond acceptors (Lipinski definition) is 2. The van der Waals surface area contributed by atoms with Crippen molar-refractivity contribution < 1.29 is 5.11 Å². The summed E-state index contributed by atoms with van der Waals surface area (Å²) in [6.07, 6.45) is 9.49. The predicted octanol–water partition coefficient (Wildman–Crippen LogP) is 3.44.